The van der Waals surface area contributed by atoms with Crippen LogP contribution in [-0.2, 0) is 4.79 Å². The number of rotatable bonds is 10. The van der Waals surface area contributed by atoms with Crippen LogP contribution in [0.5, 0.6) is 0 Å². The molecule has 1 nitrogen and oxygen atoms in total. The maximum absolute atomic E-state index is 11.2. The average Bonchev–Trinajstić information content (AvgIpc) is 2.43. The Kier molecular flexibility index (Phi) is 10.1. The first-order chi connectivity index (χ1) is 10.7. The summed E-state index contributed by atoms with van der Waals surface area (Å²) in [6, 6.07) is 0. The summed E-state index contributed by atoms with van der Waals surface area (Å²) >= 11 is 0. The average molecular weight is 337 g/mol. The fourth-order valence-corrected chi connectivity index (χ4v) is 9.42. The first-order valence-electron chi connectivity index (χ1n) is 9.64. The van der Waals surface area contributed by atoms with Crippen molar-refractivity contribution in [1.29, 1.82) is 0 Å². The highest BCUT2D eigenvalue weighted by molar-refractivity contribution is 6.90. The third-order valence-corrected chi connectivity index (χ3v) is 11.9. The number of aldehydes is 1. The molecule has 0 unspecified atom stereocenters. The van der Waals surface area contributed by atoms with Crippen molar-refractivity contribution >= 4 is 14.4 Å². The zero-order valence-corrected chi connectivity index (χ0v) is 18.0. The van der Waals surface area contributed by atoms with E-state index in [1.807, 2.05) is 0 Å². The lowest BCUT2D eigenvalue weighted by Crippen LogP contribution is -2.43. The molecule has 0 saturated carbocycles. The summed E-state index contributed by atoms with van der Waals surface area (Å²) in [5, 5.41) is 0. The van der Waals surface area contributed by atoms with Crippen molar-refractivity contribution < 1.29 is 4.79 Å². The molecule has 23 heavy (non-hydrogen) atoms. The molecule has 0 aliphatic rings. The highest BCUT2D eigenvalue weighted by Crippen LogP contribution is 2.41. The van der Waals surface area contributed by atoms with Gasteiger partial charge >= 0.3 is 0 Å². The molecule has 2 heteroatoms. The zero-order chi connectivity index (χ0) is 18.1. The van der Waals surface area contributed by atoms with Gasteiger partial charge in [-0.25, -0.2) is 0 Å². The van der Waals surface area contributed by atoms with E-state index in [0.717, 1.165) is 12.7 Å². The Morgan fingerprint density at radius 2 is 1.48 bits per heavy atom. The smallest absolute Gasteiger partial charge is 0.145 e. The van der Waals surface area contributed by atoms with Crippen LogP contribution in [0, 0.1) is 16.9 Å². The molecule has 0 fully saturated rings. The van der Waals surface area contributed by atoms with E-state index in [2.05, 4.69) is 66.9 Å². The predicted molar refractivity (Wildman–Crippen MR) is 106 cm³/mol. The van der Waals surface area contributed by atoms with Crippen molar-refractivity contribution in [3.8, 4) is 11.5 Å². The minimum Gasteiger partial charge on any atom is -0.303 e. The third kappa shape index (κ3) is 6.46. The molecule has 0 saturated heterocycles. The van der Waals surface area contributed by atoms with Crippen molar-refractivity contribution in [3.63, 3.8) is 0 Å². The maximum Gasteiger partial charge on any atom is 0.145 e. The molecule has 0 amide bonds. The largest absolute Gasteiger partial charge is 0.303 e. The topological polar surface area (TPSA) is 17.1 Å². The van der Waals surface area contributed by atoms with E-state index < -0.39 is 8.07 Å². The van der Waals surface area contributed by atoms with Crippen LogP contribution >= 0.6 is 0 Å². The number of hydrogen-bond donors (Lipinski definition) is 0. The minimum absolute atomic E-state index is 0.133. The molecule has 0 aromatic rings. The van der Waals surface area contributed by atoms with Crippen LogP contribution < -0.4 is 0 Å². The zero-order valence-electron chi connectivity index (χ0n) is 17.0. The van der Waals surface area contributed by atoms with Crippen molar-refractivity contribution in [2.24, 2.45) is 5.41 Å². The summed E-state index contributed by atoms with van der Waals surface area (Å²) in [5.74, 6) is 3.64. The predicted octanol–water partition coefficient (Wildman–Crippen LogP) is 6.77. The van der Waals surface area contributed by atoms with Gasteiger partial charge in [0, 0.05) is 11.8 Å². The summed E-state index contributed by atoms with van der Waals surface area (Å²) in [4.78, 5) is 11.2. The number of hydrogen-bond acceptors (Lipinski definition) is 1. The van der Waals surface area contributed by atoms with Crippen molar-refractivity contribution in [2.45, 2.75) is 111 Å². The van der Waals surface area contributed by atoms with Gasteiger partial charge in [-0.3, -0.25) is 0 Å². The first-order valence-corrected chi connectivity index (χ1v) is 11.9. The quantitative estimate of drug-likeness (QED) is 0.186. The van der Waals surface area contributed by atoms with Crippen LogP contribution in [0.25, 0.3) is 0 Å². The molecule has 0 aromatic heterocycles. The van der Waals surface area contributed by atoms with E-state index in [9.17, 15) is 4.79 Å². The van der Waals surface area contributed by atoms with Gasteiger partial charge < -0.3 is 4.79 Å². The Morgan fingerprint density at radius 3 is 1.87 bits per heavy atom. The van der Waals surface area contributed by atoms with Crippen molar-refractivity contribution in [2.75, 3.05) is 0 Å². The Balaban J connectivity index is 5.45. The van der Waals surface area contributed by atoms with Crippen LogP contribution in [0.2, 0.25) is 16.6 Å². The van der Waals surface area contributed by atoms with Gasteiger partial charge in [0.2, 0.25) is 0 Å². The molecule has 0 heterocycles. The van der Waals surface area contributed by atoms with Crippen LogP contribution in [0.1, 0.15) is 93.9 Å². The summed E-state index contributed by atoms with van der Waals surface area (Å²) in [6.45, 7) is 18.5. The molecule has 0 bridgehead atoms. The van der Waals surface area contributed by atoms with Gasteiger partial charge in [0.05, 0.1) is 0 Å². The molecule has 0 aliphatic carbocycles. The van der Waals surface area contributed by atoms with Gasteiger partial charge in [0.25, 0.3) is 0 Å². The van der Waals surface area contributed by atoms with E-state index in [0.29, 0.717) is 23.0 Å². The number of carbonyl (C=O) groups is 1. The van der Waals surface area contributed by atoms with Gasteiger partial charge in [-0.2, -0.15) is 0 Å². The van der Waals surface area contributed by atoms with Gasteiger partial charge in [-0.05, 0) is 30.0 Å². The lowest BCUT2D eigenvalue weighted by Gasteiger charge is -2.38. The van der Waals surface area contributed by atoms with E-state index in [1.165, 1.54) is 25.7 Å². The Hall–Kier alpha value is -0.553. The Bertz CT molecular complexity index is 378. The van der Waals surface area contributed by atoms with Gasteiger partial charge in [-0.1, -0.05) is 74.1 Å². The minimum atomic E-state index is -1.70. The van der Waals surface area contributed by atoms with E-state index in [-0.39, 0.29) is 5.41 Å². The molecule has 0 N–H and O–H groups in total. The molecule has 0 rings (SSSR count). The van der Waals surface area contributed by atoms with Gasteiger partial charge in [-0.15, -0.1) is 11.5 Å². The van der Waals surface area contributed by atoms with Crippen molar-refractivity contribution in [1.82, 2.24) is 0 Å². The Morgan fingerprint density at radius 1 is 0.957 bits per heavy atom. The summed E-state index contributed by atoms with van der Waals surface area (Å²) in [7, 11) is -1.70. The summed E-state index contributed by atoms with van der Waals surface area (Å²) < 4.78 is 0. The highest BCUT2D eigenvalue weighted by Gasteiger charge is 2.42. The van der Waals surface area contributed by atoms with Crippen molar-refractivity contribution in [3.05, 3.63) is 0 Å². The molecule has 0 aromatic carbocycles. The first kappa shape index (κ1) is 22.4. The number of unbranched alkanes of at least 4 members (excludes halogenated alkanes) is 3. The fourth-order valence-electron chi connectivity index (χ4n) is 4.03. The maximum atomic E-state index is 11.2. The normalized spacial score (nSPS) is 14.7. The highest BCUT2D eigenvalue weighted by atomic mass is 28.3. The van der Waals surface area contributed by atoms with Crippen LogP contribution in [0.4, 0.5) is 0 Å². The number of carbonyl (C=O) groups excluding carboxylic acids is 1. The van der Waals surface area contributed by atoms with Gasteiger partial charge in [0.15, 0.2) is 0 Å². The fraction of sp³-hybridized carbons (Fsp3) is 0.857. The summed E-state index contributed by atoms with van der Waals surface area (Å²) in [6.07, 6.45) is 7.67. The second kappa shape index (κ2) is 10.3. The molecule has 134 valence electrons. The standard InChI is InChI=1S/C21H40OSi/c1-9-10-11-12-13-21(8,14-16-22)15-17-23(18(2)3,19(4)5)20(6)7/h16,18-20H,9-14H2,1-8H3/t21-/m1/s1. The second-order valence-corrected chi connectivity index (χ2v) is 14.0. The van der Waals surface area contributed by atoms with E-state index in [1.54, 1.807) is 0 Å². The Labute approximate surface area is 147 Å². The molecule has 0 spiro atoms. The molecule has 0 aliphatic heterocycles. The molecule has 1 atom stereocenters. The van der Waals surface area contributed by atoms with E-state index >= 15 is 0 Å². The molecular formula is C21H40OSi. The van der Waals surface area contributed by atoms with Crippen LogP contribution in [-0.4, -0.2) is 14.4 Å². The lowest BCUT2D eigenvalue weighted by atomic mass is 9.83. The molecular weight excluding hydrogens is 296 g/mol. The SMILES string of the molecule is CCCCCC[C@@](C)(C#C[Si](C(C)C)(C(C)C)C(C)C)CC=O. The van der Waals surface area contributed by atoms with Crippen LogP contribution in [0.15, 0.2) is 0 Å². The summed E-state index contributed by atoms with van der Waals surface area (Å²) in [5.41, 5.74) is 5.64. The third-order valence-electron chi connectivity index (χ3n) is 5.56. The monoisotopic (exact) mass is 336 g/mol. The van der Waals surface area contributed by atoms with E-state index in [4.69, 9.17) is 0 Å². The lowest BCUT2D eigenvalue weighted by molar-refractivity contribution is -0.109. The second-order valence-electron chi connectivity index (χ2n) is 8.39. The van der Waals surface area contributed by atoms with Crippen LogP contribution in [0.3, 0.4) is 0 Å². The molecule has 0 radical (unpaired) electrons. The van der Waals surface area contributed by atoms with Gasteiger partial charge in [0.1, 0.15) is 14.4 Å².